The van der Waals surface area contributed by atoms with Crippen LogP contribution in [-0.4, -0.2) is 22.3 Å². The number of Topliss-reactive ketones (excluding diaryl/α,β-unsaturated/α-hetero) is 1. The zero-order chi connectivity index (χ0) is 22.2. The number of aromatic nitrogens is 1. The van der Waals surface area contributed by atoms with Crippen molar-refractivity contribution in [3.63, 3.8) is 0 Å². The maximum atomic E-state index is 12.6. The summed E-state index contributed by atoms with van der Waals surface area (Å²) in [6.07, 6.45) is 3.29. The second kappa shape index (κ2) is 7.87. The molecule has 0 radical (unpaired) electrons. The summed E-state index contributed by atoms with van der Waals surface area (Å²) in [5.74, 6) is 0.762. The molecule has 1 aliphatic heterocycles. The van der Waals surface area contributed by atoms with E-state index >= 15 is 0 Å². The summed E-state index contributed by atoms with van der Waals surface area (Å²) in [6.45, 7) is 5.70. The molecule has 2 N–H and O–H groups in total. The molecule has 0 bridgehead atoms. The molecule has 1 aromatic heterocycles. The van der Waals surface area contributed by atoms with Gasteiger partial charge >= 0.3 is 0 Å². The minimum Gasteiger partial charge on any atom is -0.486 e. The van der Waals surface area contributed by atoms with Crippen molar-refractivity contribution in [2.75, 3.05) is 0 Å². The van der Waals surface area contributed by atoms with Crippen molar-refractivity contribution >= 4 is 11.7 Å². The summed E-state index contributed by atoms with van der Waals surface area (Å²) < 4.78 is 12.6. The Hall–Kier alpha value is -3.67. The van der Waals surface area contributed by atoms with Crippen molar-refractivity contribution in [2.45, 2.75) is 38.9 Å². The van der Waals surface area contributed by atoms with Crippen LogP contribution in [0.1, 0.15) is 63.8 Å². The monoisotopic (exact) mass is 416 g/mol. The van der Waals surface area contributed by atoms with Crippen LogP contribution in [0.3, 0.4) is 0 Å². The van der Waals surface area contributed by atoms with Crippen LogP contribution in [-0.2, 0) is 0 Å². The number of carbonyl (C=O) groups is 2. The molecule has 1 aliphatic rings. The second-order valence-corrected chi connectivity index (χ2v) is 8.29. The van der Waals surface area contributed by atoms with Gasteiger partial charge in [-0.3, -0.25) is 14.6 Å². The zero-order valence-electron chi connectivity index (χ0n) is 17.7. The third-order valence-corrected chi connectivity index (χ3v) is 5.37. The Kier molecular flexibility index (Phi) is 5.23. The van der Waals surface area contributed by atoms with Gasteiger partial charge in [0, 0.05) is 23.5 Å². The van der Waals surface area contributed by atoms with Crippen LogP contribution >= 0.6 is 0 Å². The number of amides is 1. The van der Waals surface area contributed by atoms with Crippen molar-refractivity contribution in [3.05, 3.63) is 88.7 Å². The molecule has 1 amide bonds. The number of hydrogen-bond acceptors (Lipinski definition) is 5. The van der Waals surface area contributed by atoms with E-state index in [0.29, 0.717) is 29.0 Å². The van der Waals surface area contributed by atoms with E-state index in [1.54, 1.807) is 36.7 Å². The lowest BCUT2D eigenvalue weighted by Gasteiger charge is -2.33. The van der Waals surface area contributed by atoms with Gasteiger partial charge in [0.2, 0.25) is 5.91 Å². The number of primary amides is 1. The average Bonchev–Trinajstić information content (AvgIpc) is 2.74. The van der Waals surface area contributed by atoms with Gasteiger partial charge in [-0.25, -0.2) is 0 Å². The molecule has 0 saturated heterocycles. The molecule has 2 heterocycles. The van der Waals surface area contributed by atoms with Gasteiger partial charge in [-0.15, -0.1) is 0 Å². The third-order valence-electron chi connectivity index (χ3n) is 5.37. The van der Waals surface area contributed by atoms with Crippen molar-refractivity contribution in [1.82, 2.24) is 4.98 Å². The minimum atomic E-state index is -0.567. The van der Waals surface area contributed by atoms with Crippen LogP contribution in [0.2, 0.25) is 0 Å². The van der Waals surface area contributed by atoms with Crippen LogP contribution in [0.15, 0.2) is 60.9 Å². The van der Waals surface area contributed by atoms with E-state index in [1.165, 1.54) is 0 Å². The zero-order valence-corrected chi connectivity index (χ0v) is 17.7. The fourth-order valence-electron chi connectivity index (χ4n) is 3.76. The molecule has 2 aromatic carbocycles. The molecule has 0 spiro atoms. The number of nitrogens with two attached hydrogens (primary N) is 1. The molecule has 158 valence electrons. The van der Waals surface area contributed by atoms with Gasteiger partial charge in [0.25, 0.3) is 0 Å². The standard InChI is InChI=1S/C25H24N2O4/c1-15-21(9-8-19-20(28)14-25(2,3)31-22(15)19)30-23(17-10-12-27-13-11-17)16-4-6-18(7-5-16)24(26)29/h4-13,23H,14H2,1-3H3,(H2,26,29). The maximum absolute atomic E-state index is 12.6. The first kappa shape index (κ1) is 20.6. The van der Waals surface area contributed by atoms with Crippen molar-refractivity contribution in [3.8, 4) is 11.5 Å². The van der Waals surface area contributed by atoms with E-state index in [4.69, 9.17) is 15.2 Å². The molecule has 6 nitrogen and oxygen atoms in total. The molecule has 0 fully saturated rings. The summed E-state index contributed by atoms with van der Waals surface area (Å²) in [5.41, 5.74) is 8.33. The summed E-state index contributed by atoms with van der Waals surface area (Å²) in [4.78, 5) is 28.1. The summed E-state index contributed by atoms with van der Waals surface area (Å²) in [6, 6.07) is 14.3. The van der Waals surface area contributed by atoms with Gasteiger partial charge in [0.1, 0.15) is 23.2 Å². The van der Waals surface area contributed by atoms with Gasteiger partial charge in [0.05, 0.1) is 12.0 Å². The van der Waals surface area contributed by atoms with Crippen LogP contribution in [0.25, 0.3) is 0 Å². The average molecular weight is 416 g/mol. The highest BCUT2D eigenvalue weighted by Crippen LogP contribution is 2.41. The normalized spacial score (nSPS) is 15.5. The van der Waals surface area contributed by atoms with Crippen LogP contribution in [0.4, 0.5) is 0 Å². The molecular formula is C25H24N2O4. The lowest BCUT2D eigenvalue weighted by molar-refractivity contribution is 0.0612. The highest BCUT2D eigenvalue weighted by atomic mass is 16.5. The lowest BCUT2D eigenvalue weighted by atomic mass is 9.91. The second-order valence-electron chi connectivity index (χ2n) is 8.29. The molecule has 0 aliphatic carbocycles. The quantitative estimate of drug-likeness (QED) is 0.666. The van der Waals surface area contributed by atoms with Gasteiger partial charge in [-0.05, 0) is 68.3 Å². The number of nitrogens with zero attached hydrogens (tertiary/aromatic N) is 1. The Labute approximate surface area is 181 Å². The fourth-order valence-corrected chi connectivity index (χ4v) is 3.76. The minimum absolute atomic E-state index is 0.0635. The number of pyridine rings is 1. The molecule has 3 aromatic rings. The van der Waals surface area contributed by atoms with Crippen LogP contribution < -0.4 is 15.2 Å². The van der Waals surface area contributed by atoms with Gasteiger partial charge in [0.15, 0.2) is 5.78 Å². The molecule has 1 unspecified atom stereocenters. The van der Waals surface area contributed by atoms with Gasteiger partial charge in [-0.1, -0.05) is 12.1 Å². The predicted octanol–water partition coefficient (Wildman–Crippen LogP) is 4.40. The fraction of sp³-hybridized carbons (Fsp3) is 0.240. The summed E-state index contributed by atoms with van der Waals surface area (Å²) >= 11 is 0. The van der Waals surface area contributed by atoms with E-state index in [2.05, 4.69) is 4.98 Å². The Morgan fingerprint density at radius 1 is 1.06 bits per heavy atom. The molecule has 1 atom stereocenters. The van der Waals surface area contributed by atoms with Gasteiger partial charge in [-0.2, -0.15) is 0 Å². The van der Waals surface area contributed by atoms with E-state index < -0.39 is 17.6 Å². The van der Waals surface area contributed by atoms with E-state index in [9.17, 15) is 9.59 Å². The summed E-state index contributed by atoms with van der Waals surface area (Å²) in [7, 11) is 0. The number of benzene rings is 2. The SMILES string of the molecule is Cc1c(OC(c2ccncc2)c2ccc(C(N)=O)cc2)ccc2c1OC(C)(C)CC2=O. The van der Waals surface area contributed by atoms with Crippen molar-refractivity contribution < 1.29 is 19.1 Å². The Morgan fingerprint density at radius 2 is 1.71 bits per heavy atom. The van der Waals surface area contributed by atoms with Gasteiger partial charge < -0.3 is 15.2 Å². The van der Waals surface area contributed by atoms with E-state index in [-0.39, 0.29) is 5.78 Å². The Balaban J connectivity index is 1.75. The third kappa shape index (κ3) is 4.14. The largest absolute Gasteiger partial charge is 0.486 e. The number of fused-ring (bicyclic) bond motifs is 1. The number of ketones is 1. The number of hydrogen-bond donors (Lipinski definition) is 1. The molecule has 6 heteroatoms. The Bertz CT molecular complexity index is 1140. The van der Waals surface area contributed by atoms with Crippen LogP contribution in [0.5, 0.6) is 11.5 Å². The Morgan fingerprint density at radius 3 is 2.35 bits per heavy atom. The number of ether oxygens (including phenoxy) is 2. The number of rotatable bonds is 5. The molecule has 4 rings (SSSR count). The molecule has 31 heavy (non-hydrogen) atoms. The topological polar surface area (TPSA) is 91.5 Å². The maximum Gasteiger partial charge on any atom is 0.248 e. The highest BCUT2D eigenvalue weighted by Gasteiger charge is 2.34. The highest BCUT2D eigenvalue weighted by molar-refractivity contribution is 6.01. The van der Waals surface area contributed by atoms with Crippen LogP contribution in [0, 0.1) is 6.92 Å². The molecular weight excluding hydrogens is 392 g/mol. The number of carbonyl (C=O) groups excluding carboxylic acids is 2. The van der Waals surface area contributed by atoms with E-state index in [0.717, 1.165) is 16.7 Å². The first-order valence-electron chi connectivity index (χ1n) is 10.1. The first-order valence-corrected chi connectivity index (χ1v) is 10.1. The smallest absolute Gasteiger partial charge is 0.248 e. The predicted molar refractivity (Wildman–Crippen MR) is 117 cm³/mol. The van der Waals surface area contributed by atoms with Crippen molar-refractivity contribution in [1.29, 1.82) is 0 Å². The summed E-state index contributed by atoms with van der Waals surface area (Å²) in [5, 5.41) is 0. The lowest BCUT2D eigenvalue weighted by Crippen LogP contribution is -2.36. The van der Waals surface area contributed by atoms with Crippen molar-refractivity contribution in [2.24, 2.45) is 5.73 Å². The van der Waals surface area contributed by atoms with E-state index in [1.807, 2.05) is 45.0 Å². The first-order chi connectivity index (χ1) is 14.7. The molecule has 0 saturated carbocycles.